The lowest BCUT2D eigenvalue weighted by molar-refractivity contribution is -0.136. The van der Waals surface area contributed by atoms with Crippen LogP contribution in [0.5, 0.6) is 0 Å². The molecule has 10 nitrogen and oxygen atoms in total. The molecule has 0 N–H and O–H groups in total. The minimum atomic E-state index is -0.664. The summed E-state index contributed by atoms with van der Waals surface area (Å²) < 4.78 is 9.35. The highest BCUT2D eigenvalue weighted by atomic mass is 32.2. The summed E-state index contributed by atoms with van der Waals surface area (Å²) in [5, 5.41) is 0.699. The van der Waals surface area contributed by atoms with Crippen LogP contribution in [0.15, 0.2) is 92.6 Å². The van der Waals surface area contributed by atoms with Crippen molar-refractivity contribution in [3.05, 3.63) is 82.6 Å². The lowest BCUT2D eigenvalue weighted by Crippen LogP contribution is -2.40. The maximum atomic E-state index is 13.2. The van der Waals surface area contributed by atoms with E-state index in [0.717, 1.165) is 35.7 Å². The molecule has 2 amide bonds. The number of benzene rings is 2. The summed E-state index contributed by atoms with van der Waals surface area (Å²) in [4.78, 5) is 62.3. The Morgan fingerprint density at radius 3 is 1.42 bits per heavy atom. The van der Waals surface area contributed by atoms with Gasteiger partial charge in [-0.3, -0.25) is 19.4 Å². The van der Waals surface area contributed by atoms with Gasteiger partial charge in [-0.05, 0) is 47.8 Å². The number of amidine groups is 2. The highest BCUT2D eigenvalue weighted by molar-refractivity contribution is 8.19. The second-order valence-corrected chi connectivity index (χ2v) is 9.66. The van der Waals surface area contributed by atoms with Crippen molar-refractivity contribution in [1.29, 1.82) is 0 Å². The minimum absolute atomic E-state index is 0.0572. The normalized spacial score (nSPS) is 19.7. The number of para-hydroxylation sites is 2. The van der Waals surface area contributed by atoms with Crippen molar-refractivity contribution < 1.29 is 28.7 Å². The fraction of sp³-hybridized carbons (Fsp3) is 0.154. The number of rotatable bonds is 7. The third kappa shape index (κ3) is 6.39. The lowest BCUT2D eigenvalue weighted by atomic mass is 10.3. The predicted octanol–water partition coefficient (Wildman–Crippen LogP) is 3.63. The quantitative estimate of drug-likeness (QED) is 0.379. The number of thioether (sulfide) groups is 2. The highest BCUT2D eigenvalue weighted by Crippen LogP contribution is 2.35. The number of hydrogen-bond donors (Lipinski definition) is 0. The summed E-state index contributed by atoms with van der Waals surface area (Å²) in [6.07, 6.45) is 2.23. The van der Waals surface area contributed by atoms with Crippen molar-refractivity contribution in [3.8, 4) is 0 Å². The van der Waals surface area contributed by atoms with E-state index in [0.29, 0.717) is 21.7 Å². The lowest BCUT2D eigenvalue weighted by Gasteiger charge is -2.21. The number of nitrogens with zero attached hydrogens (tertiary/aromatic N) is 4. The van der Waals surface area contributed by atoms with E-state index < -0.39 is 23.8 Å². The van der Waals surface area contributed by atoms with Gasteiger partial charge in [-0.1, -0.05) is 36.4 Å². The number of amides is 2. The van der Waals surface area contributed by atoms with Crippen LogP contribution in [-0.2, 0) is 28.7 Å². The zero-order valence-electron chi connectivity index (χ0n) is 20.4. The molecular weight excluding hydrogens is 528 g/mol. The van der Waals surface area contributed by atoms with Gasteiger partial charge >= 0.3 is 11.9 Å². The van der Waals surface area contributed by atoms with Crippen LogP contribution in [0, 0.1) is 0 Å². The van der Waals surface area contributed by atoms with Gasteiger partial charge in [0.2, 0.25) is 0 Å². The Morgan fingerprint density at radius 1 is 0.711 bits per heavy atom. The molecule has 194 valence electrons. The maximum absolute atomic E-state index is 13.2. The van der Waals surface area contributed by atoms with Gasteiger partial charge < -0.3 is 9.47 Å². The number of methoxy groups -OCH3 is 2. The van der Waals surface area contributed by atoms with E-state index in [-0.39, 0.29) is 22.9 Å². The summed E-state index contributed by atoms with van der Waals surface area (Å²) in [6, 6.07) is 18.1. The molecule has 0 saturated carbocycles. The Kier molecular flexibility index (Phi) is 8.77. The summed E-state index contributed by atoms with van der Waals surface area (Å²) in [7, 11) is 2.45. The van der Waals surface area contributed by atoms with Crippen molar-refractivity contribution >= 4 is 69.0 Å². The Balaban J connectivity index is 1.64. The van der Waals surface area contributed by atoms with E-state index >= 15 is 0 Å². The molecule has 2 aliphatic heterocycles. The second-order valence-electron chi connectivity index (χ2n) is 7.64. The van der Waals surface area contributed by atoms with Crippen molar-refractivity contribution in [2.75, 3.05) is 27.3 Å². The zero-order valence-corrected chi connectivity index (χ0v) is 22.0. The zero-order chi connectivity index (χ0) is 27.1. The molecule has 4 rings (SSSR count). The van der Waals surface area contributed by atoms with Gasteiger partial charge in [0, 0.05) is 25.2 Å². The van der Waals surface area contributed by atoms with Crippen molar-refractivity contribution in [3.63, 3.8) is 0 Å². The van der Waals surface area contributed by atoms with E-state index in [4.69, 9.17) is 0 Å². The third-order valence-electron chi connectivity index (χ3n) is 5.19. The largest absolute Gasteiger partial charge is 0.466 e. The van der Waals surface area contributed by atoms with E-state index in [1.165, 1.54) is 24.0 Å². The van der Waals surface area contributed by atoms with Crippen LogP contribution in [0.25, 0.3) is 0 Å². The second kappa shape index (κ2) is 12.4. The summed E-state index contributed by atoms with van der Waals surface area (Å²) in [6.45, 7) is 0.114. The van der Waals surface area contributed by atoms with E-state index in [1.807, 2.05) is 36.4 Å². The highest BCUT2D eigenvalue weighted by Gasteiger charge is 2.38. The van der Waals surface area contributed by atoms with Crippen LogP contribution in [-0.4, -0.2) is 71.2 Å². The first-order valence-corrected chi connectivity index (χ1v) is 12.9. The standard InChI is InChI=1S/C26H22N4O6S2/c1-35-21(31)15-19-23(33)29(25(37-19)27-17-9-5-3-6-10-17)13-14-30-24(34)20(16-22(32)36-2)38-26(30)28-18-11-7-4-8-12-18/h3-12,15-16H,13-14H2,1-2H3/b19-15-,20-16+,27-25?,28-26?. The van der Waals surface area contributed by atoms with Crippen LogP contribution < -0.4 is 0 Å². The molecule has 2 saturated heterocycles. The molecule has 2 heterocycles. The number of ether oxygens (including phenoxy) is 2. The fourth-order valence-corrected chi connectivity index (χ4v) is 5.30. The van der Waals surface area contributed by atoms with Crippen LogP contribution in [0.1, 0.15) is 0 Å². The molecule has 2 aromatic carbocycles. The number of carbonyl (C=O) groups excluding carboxylic acids is 4. The molecule has 0 unspecified atom stereocenters. The van der Waals surface area contributed by atoms with Gasteiger partial charge in [-0.15, -0.1) is 0 Å². The van der Waals surface area contributed by atoms with E-state index in [9.17, 15) is 19.2 Å². The van der Waals surface area contributed by atoms with Crippen LogP contribution in [0.2, 0.25) is 0 Å². The van der Waals surface area contributed by atoms with Crippen LogP contribution in [0.4, 0.5) is 11.4 Å². The monoisotopic (exact) mass is 550 g/mol. The molecule has 2 fully saturated rings. The Hall–Kier alpha value is -4.16. The van der Waals surface area contributed by atoms with Crippen LogP contribution >= 0.6 is 23.5 Å². The molecule has 12 heteroatoms. The molecule has 0 radical (unpaired) electrons. The molecular formula is C26H22N4O6S2. The Bertz CT molecular complexity index is 1270. The average molecular weight is 551 g/mol. The van der Waals surface area contributed by atoms with Crippen LogP contribution in [0.3, 0.4) is 0 Å². The van der Waals surface area contributed by atoms with Gasteiger partial charge in [0.1, 0.15) is 0 Å². The van der Waals surface area contributed by atoms with Gasteiger partial charge in [-0.25, -0.2) is 19.6 Å². The topological polar surface area (TPSA) is 118 Å². The number of hydrogen-bond acceptors (Lipinski definition) is 10. The molecule has 38 heavy (non-hydrogen) atoms. The summed E-state index contributed by atoms with van der Waals surface area (Å²) in [5.74, 6) is -2.21. The van der Waals surface area contributed by atoms with Crippen molar-refractivity contribution in [1.82, 2.24) is 9.80 Å². The van der Waals surface area contributed by atoms with E-state index in [1.54, 1.807) is 24.3 Å². The first-order valence-electron chi connectivity index (χ1n) is 11.3. The Labute approximate surface area is 227 Å². The van der Waals surface area contributed by atoms with Gasteiger partial charge in [-0.2, -0.15) is 0 Å². The predicted molar refractivity (Wildman–Crippen MR) is 146 cm³/mol. The molecule has 0 atom stereocenters. The summed E-state index contributed by atoms with van der Waals surface area (Å²) in [5.41, 5.74) is 1.24. The molecule has 0 aliphatic carbocycles. The maximum Gasteiger partial charge on any atom is 0.331 e. The SMILES string of the molecule is COC(=O)/C=C1\SC(=Nc2ccccc2)N(CCN2C(=O)/C(=C\C(=O)OC)SC2=Nc2ccccc2)C1=O. The Morgan fingerprint density at radius 2 is 1.08 bits per heavy atom. The molecule has 0 spiro atoms. The molecule has 2 aliphatic rings. The number of carbonyl (C=O) groups is 4. The number of esters is 2. The van der Waals surface area contributed by atoms with Crippen molar-refractivity contribution in [2.24, 2.45) is 9.98 Å². The van der Waals surface area contributed by atoms with E-state index in [2.05, 4.69) is 19.5 Å². The summed E-state index contributed by atoms with van der Waals surface area (Å²) >= 11 is 2.08. The smallest absolute Gasteiger partial charge is 0.331 e. The molecule has 2 aromatic rings. The minimum Gasteiger partial charge on any atom is -0.466 e. The molecule has 0 bridgehead atoms. The van der Waals surface area contributed by atoms with Crippen molar-refractivity contribution in [2.45, 2.75) is 0 Å². The first-order chi connectivity index (χ1) is 18.4. The number of aliphatic imine (C=N–C) groups is 2. The van der Waals surface area contributed by atoms with Gasteiger partial charge in [0.25, 0.3) is 11.8 Å². The fourth-order valence-electron chi connectivity index (χ4n) is 3.33. The first kappa shape index (κ1) is 26.9. The van der Waals surface area contributed by atoms with Gasteiger partial charge in [0.05, 0.1) is 35.4 Å². The third-order valence-corrected chi connectivity index (χ3v) is 7.20. The molecule has 0 aromatic heterocycles. The average Bonchev–Trinajstić information content (AvgIpc) is 3.37. The van der Waals surface area contributed by atoms with Gasteiger partial charge in [0.15, 0.2) is 10.3 Å².